The van der Waals surface area contributed by atoms with Crippen molar-refractivity contribution in [3.63, 3.8) is 0 Å². The van der Waals surface area contributed by atoms with E-state index in [0.717, 1.165) is 31.1 Å². The van der Waals surface area contributed by atoms with E-state index in [2.05, 4.69) is 22.8 Å². The SMILES string of the molecule is Cl.c1cc2c(cc1[C@H]1CNCCN1)OCO2. The Morgan fingerprint density at radius 2 is 2.00 bits per heavy atom. The standard InChI is InChI=1S/C11H14N2O2.ClH/c1-2-10-11(15-7-14-10)5-8(1)9-6-12-3-4-13-9;/h1-2,5,9,12-13H,3-4,6-7H2;1H/t9-;/m1./s1. The van der Waals surface area contributed by atoms with Crippen molar-refractivity contribution in [2.75, 3.05) is 26.4 Å². The van der Waals surface area contributed by atoms with Crippen LogP contribution in [-0.2, 0) is 0 Å². The molecule has 0 spiro atoms. The van der Waals surface area contributed by atoms with Crippen molar-refractivity contribution < 1.29 is 9.47 Å². The Bertz CT molecular complexity index is 367. The number of ether oxygens (including phenoxy) is 2. The monoisotopic (exact) mass is 242 g/mol. The maximum atomic E-state index is 5.36. The zero-order valence-corrected chi connectivity index (χ0v) is 9.68. The molecule has 0 amide bonds. The van der Waals surface area contributed by atoms with Crippen molar-refractivity contribution in [3.8, 4) is 11.5 Å². The number of nitrogens with one attached hydrogen (secondary N) is 2. The average molecular weight is 243 g/mol. The first-order valence-electron chi connectivity index (χ1n) is 5.27. The van der Waals surface area contributed by atoms with Crippen LogP contribution in [0.5, 0.6) is 11.5 Å². The Balaban J connectivity index is 0.000000963. The minimum absolute atomic E-state index is 0. The first-order chi connectivity index (χ1) is 7.43. The van der Waals surface area contributed by atoms with Gasteiger partial charge >= 0.3 is 0 Å². The molecule has 1 saturated heterocycles. The van der Waals surface area contributed by atoms with Gasteiger partial charge in [-0.1, -0.05) is 6.07 Å². The number of piperazine rings is 1. The van der Waals surface area contributed by atoms with E-state index in [9.17, 15) is 0 Å². The molecule has 16 heavy (non-hydrogen) atoms. The van der Waals surface area contributed by atoms with Gasteiger partial charge in [-0.2, -0.15) is 0 Å². The van der Waals surface area contributed by atoms with E-state index in [1.807, 2.05) is 6.07 Å². The molecule has 0 radical (unpaired) electrons. The fourth-order valence-corrected chi connectivity index (χ4v) is 2.02. The minimum Gasteiger partial charge on any atom is -0.454 e. The van der Waals surface area contributed by atoms with E-state index in [1.165, 1.54) is 5.56 Å². The van der Waals surface area contributed by atoms with Gasteiger partial charge in [0.2, 0.25) is 6.79 Å². The van der Waals surface area contributed by atoms with Gasteiger partial charge in [-0.25, -0.2) is 0 Å². The van der Waals surface area contributed by atoms with Gasteiger partial charge in [-0.3, -0.25) is 0 Å². The van der Waals surface area contributed by atoms with Crippen LogP contribution in [0, 0.1) is 0 Å². The minimum atomic E-state index is 0. The third-order valence-electron chi connectivity index (χ3n) is 2.84. The largest absolute Gasteiger partial charge is 0.454 e. The van der Waals surface area contributed by atoms with Crippen LogP contribution in [0.2, 0.25) is 0 Å². The summed E-state index contributed by atoms with van der Waals surface area (Å²) in [5.74, 6) is 1.71. The molecule has 0 bridgehead atoms. The number of halogens is 1. The van der Waals surface area contributed by atoms with Gasteiger partial charge in [0, 0.05) is 25.7 Å². The fraction of sp³-hybridized carbons (Fsp3) is 0.455. The molecule has 4 nitrogen and oxygen atoms in total. The maximum absolute atomic E-state index is 5.36. The van der Waals surface area contributed by atoms with E-state index < -0.39 is 0 Å². The zero-order chi connectivity index (χ0) is 10.1. The van der Waals surface area contributed by atoms with Crippen LogP contribution in [-0.4, -0.2) is 26.4 Å². The lowest BCUT2D eigenvalue weighted by Gasteiger charge is -2.24. The summed E-state index contributed by atoms with van der Waals surface area (Å²) >= 11 is 0. The molecular formula is C11H15ClN2O2. The van der Waals surface area contributed by atoms with Crippen LogP contribution in [0.15, 0.2) is 18.2 Å². The van der Waals surface area contributed by atoms with Crippen molar-refractivity contribution in [1.29, 1.82) is 0 Å². The van der Waals surface area contributed by atoms with Gasteiger partial charge in [-0.05, 0) is 17.7 Å². The lowest BCUT2D eigenvalue weighted by atomic mass is 10.0. The fourth-order valence-electron chi connectivity index (χ4n) is 2.02. The van der Waals surface area contributed by atoms with Crippen molar-refractivity contribution in [2.24, 2.45) is 0 Å². The third-order valence-corrected chi connectivity index (χ3v) is 2.84. The van der Waals surface area contributed by atoms with Crippen LogP contribution >= 0.6 is 12.4 Å². The quantitative estimate of drug-likeness (QED) is 0.773. The summed E-state index contributed by atoms with van der Waals surface area (Å²) < 4.78 is 10.6. The number of fused-ring (bicyclic) bond motifs is 1. The molecule has 88 valence electrons. The summed E-state index contributed by atoms with van der Waals surface area (Å²) in [4.78, 5) is 0. The number of rotatable bonds is 1. The first-order valence-corrected chi connectivity index (χ1v) is 5.27. The molecule has 2 aliphatic heterocycles. The van der Waals surface area contributed by atoms with Gasteiger partial charge in [0.25, 0.3) is 0 Å². The molecule has 2 N–H and O–H groups in total. The molecule has 3 rings (SSSR count). The molecule has 2 aliphatic rings. The highest BCUT2D eigenvalue weighted by Crippen LogP contribution is 2.34. The summed E-state index contributed by atoms with van der Waals surface area (Å²) in [6.45, 7) is 3.37. The summed E-state index contributed by atoms with van der Waals surface area (Å²) in [7, 11) is 0. The van der Waals surface area contributed by atoms with Gasteiger partial charge in [0.1, 0.15) is 0 Å². The molecular weight excluding hydrogens is 228 g/mol. The predicted octanol–water partition coefficient (Wildman–Crippen LogP) is 1.07. The average Bonchev–Trinajstić information content (AvgIpc) is 2.77. The van der Waals surface area contributed by atoms with Crippen LogP contribution in [0.1, 0.15) is 11.6 Å². The second-order valence-corrected chi connectivity index (χ2v) is 3.82. The topological polar surface area (TPSA) is 42.5 Å². The van der Waals surface area contributed by atoms with Crippen LogP contribution in [0.25, 0.3) is 0 Å². The molecule has 2 heterocycles. The molecule has 1 aromatic rings. The second kappa shape index (κ2) is 4.91. The highest BCUT2D eigenvalue weighted by Gasteiger charge is 2.18. The molecule has 0 saturated carbocycles. The Morgan fingerprint density at radius 1 is 1.12 bits per heavy atom. The summed E-state index contributed by atoms with van der Waals surface area (Å²) in [6, 6.07) is 6.52. The highest BCUT2D eigenvalue weighted by molar-refractivity contribution is 5.85. The van der Waals surface area contributed by atoms with Gasteiger partial charge in [0.05, 0.1) is 0 Å². The molecule has 1 aromatic carbocycles. The summed E-state index contributed by atoms with van der Waals surface area (Å²) in [5.41, 5.74) is 1.26. The molecule has 5 heteroatoms. The van der Waals surface area contributed by atoms with E-state index >= 15 is 0 Å². The predicted molar refractivity (Wildman–Crippen MR) is 63.4 cm³/mol. The van der Waals surface area contributed by atoms with Crippen LogP contribution < -0.4 is 20.1 Å². The van der Waals surface area contributed by atoms with E-state index in [-0.39, 0.29) is 12.4 Å². The third kappa shape index (κ3) is 2.09. The molecule has 0 aromatic heterocycles. The van der Waals surface area contributed by atoms with Crippen molar-refractivity contribution in [2.45, 2.75) is 6.04 Å². The molecule has 0 unspecified atom stereocenters. The van der Waals surface area contributed by atoms with E-state index in [1.54, 1.807) is 0 Å². The second-order valence-electron chi connectivity index (χ2n) is 3.82. The lowest BCUT2D eigenvalue weighted by Crippen LogP contribution is -2.42. The van der Waals surface area contributed by atoms with Crippen LogP contribution in [0.3, 0.4) is 0 Å². The number of hydrogen-bond donors (Lipinski definition) is 2. The summed E-state index contributed by atoms with van der Waals surface area (Å²) in [5, 5.41) is 6.83. The van der Waals surface area contributed by atoms with Crippen molar-refractivity contribution in [3.05, 3.63) is 23.8 Å². The van der Waals surface area contributed by atoms with Crippen LogP contribution in [0.4, 0.5) is 0 Å². The lowest BCUT2D eigenvalue weighted by molar-refractivity contribution is 0.174. The van der Waals surface area contributed by atoms with Gasteiger partial charge in [0.15, 0.2) is 11.5 Å². The normalized spacial score (nSPS) is 22.6. The van der Waals surface area contributed by atoms with Gasteiger partial charge < -0.3 is 20.1 Å². The molecule has 1 fully saturated rings. The smallest absolute Gasteiger partial charge is 0.231 e. The molecule has 0 aliphatic carbocycles. The Labute approximate surface area is 101 Å². The Hall–Kier alpha value is -0.970. The number of hydrogen-bond acceptors (Lipinski definition) is 4. The zero-order valence-electron chi connectivity index (χ0n) is 8.86. The highest BCUT2D eigenvalue weighted by atomic mass is 35.5. The van der Waals surface area contributed by atoms with Crippen molar-refractivity contribution >= 4 is 12.4 Å². The maximum Gasteiger partial charge on any atom is 0.231 e. The first kappa shape index (κ1) is 11.5. The number of benzene rings is 1. The summed E-state index contributed by atoms with van der Waals surface area (Å²) in [6.07, 6.45) is 0. The van der Waals surface area contributed by atoms with Gasteiger partial charge in [-0.15, -0.1) is 12.4 Å². The van der Waals surface area contributed by atoms with E-state index in [4.69, 9.17) is 9.47 Å². The Kier molecular flexibility index (Phi) is 3.53. The van der Waals surface area contributed by atoms with E-state index in [0.29, 0.717) is 12.8 Å². The van der Waals surface area contributed by atoms with Crippen molar-refractivity contribution in [1.82, 2.24) is 10.6 Å². The Morgan fingerprint density at radius 3 is 2.81 bits per heavy atom. The molecule has 1 atom stereocenters.